The van der Waals surface area contributed by atoms with Crippen molar-refractivity contribution in [3.8, 4) is 22.5 Å². The van der Waals surface area contributed by atoms with Crippen molar-refractivity contribution in [3.63, 3.8) is 0 Å². The molecule has 1 atom stereocenters. The number of amidine groups is 2. The number of rotatable bonds is 6. The first-order valence-corrected chi connectivity index (χ1v) is 19.0. The molecule has 11 rings (SSSR count). The van der Waals surface area contributed by atoms with Gasteiger partial charge in [-0.1, -0.05) is 151 Å². The fourth-order valence-electron chi connectivity index (χ4n) is 8.29. The molecule has 0 saturated heterocycles. The molecule has 10 aromatic rings. The number of fused-ring (bicyclic) bond motifs is 6. The number of nitrogens with zero attached hydrogens (tertiary/aromatic N) is 5. The standard InChI is InChI=1S/C51H34N5/c1-4-16-34(17-5-1)49-52-50(35-18-6-2-7-19-35)54-51(53-49)38-22-14-20-36(30-38)37-21-15-25-40(31-37)56-46-29-13-11-27-42(46)44-32-43-41-26-10-12-28-45(41)55(47(43)33-48(44)56)39-23-8-3-9-24-39/h1-33,49H/q-1. The van der Waals surface area contributed by atoms with Crippen molar-refractivity contribution in [1.29, 1.82) is 0 Å². The van der Waals surface area contributed by atoms with E-state index >= 15 is 0 Å². The van der Waals surface area contributed by atoms with Gasteiger partial charge in [-0.3, -0.25) is 4.99 Å². The lowest BCUT2D eigenvalue weighted by Crippen LogP contribution is -2.15. The third kappa shape index (κ3) is 5.32. The molecule has 0 bridgehead atoms. The summed E-state index contributed by atoms with van der Waals surface area (Å²) >= 11 is 0. The Morgan fingerprint density at radius 1 is 0.375 bits per heavy atom. The average Bonchev–Trinajstić information content (AvgIpc) is 3.78. The zero-order chi connectivity index (χ0) is 37.0. The van der Waals surface area contributed by atoms with Crippen LogP contribution >= 0.6 is 0 Å². The Bertz CT molecular complexity index is 3150. The SMILES string of the molecule is c1ccc(C2=NC(c3cccc(-c4cccc(-n5c6ccccc6c6cc7c8ccccc8n(-c8ccccc8)c7cc65)c4)c3)=NC(c3ccccc3)[N-]2)cc1. The quantitative estimate of drug-likeness (QED) is 0.164. The molecule has 0 N–H and O–H groups in total. The van der Waals surface area contributed by atoms with Crippen LogP contribution in [0.4, 0.5) is 0 Å². The minimum Gasteiger partial charge on any atom is -0.438 e. The van der Waals surface area contributed by atoms with Gasteiger partial charge in [0.25, 0.3) is 0 Å². The Morgan fingerprint density at radius 3 is 1.59 bits per heavy atom. The van der Waals surface area contributed by atoms with Gasteiger partial charge in [0.2, 0.25) is 0 Å². The van der Waals surface area contributed by atoms with E-state index in [1.165, 1.54) is 43.6 Å². The molecule has 2 aromatic heterocycles. The zero-order valence-corrected chi connectivity index (χ0v) is 30.4. The molecule has 56 heavy (non-hydrogen) atoms. The molecule has 0 spiro atoms. The highest BCUT2D eigenvalue weighted by Crippen LogP contribution is 2.40. The Hall–Kier alpha value is -7.50. The van der Waals surface area contributed by atoms with Crippen molar-refractivity contribution in [2.45, 2.75) is 6.17 Å². The molecule has 0 aliphatic carbocycles. The van der Waals surface area contributed by atoms with E-state index in [4.69, 9.17) is 15.3 Å². The summed E-state index contributed by atoms with van der Waals surface area (Å²) in [4.78, 5) is 10.1. The zero-order valence-electron chi connectivity index (χ0n) is 30.4. The summed E-state index contributed by atoms with van der Waals surface area (Å²) in [5.41, 5.74) is 12.1. The van der Waals surface area contributed by atoms with Crippen LogP contribution in [0.15, 0.2) is 210 Å². The molecule has 1 aliphatic heterocycles. The summed E-state index contributed by atoms with van der Waals surface area (Å²) in [6, 6.07) is 70.7. The van der Waals surface area contributed by atoms with E-state index in [1.54, 1.807) is 0 Å². The number of para-hydroxylation sites is 3. The van der Waals surface area contributed by atoms with Crippen LogP contribution in [-0.4, -0.2) is 20.8 Å². The van der Waals surface area contributed by atoms with Gasteiger partial charge in [0.1, 0.15) is 0 Å². The van der Waals surface area contributed by atoms with Crippen LogP contribution in [0.1, 0.15) is 22.9 Å². The van der Waals surface area contributed by atoms with E-state index in [9.17, 15) is 0 Å². The van der Waals surface area contributed by atoms with Crippen LogP contribution in [0.25, 0.3) is 71.4 Å². The summed E-state index contributed by atoms with van der Waals surface area (Å²) in [7, 11) is 0. The first-order chi connectivity index (χ1) is 27.8. The predicted octanol–water partition coefficient (Wildman–Crippen LogP) is 12.8. The second-order valence-electron chi connectivity index (χ2n) is 14.2. The summed E-state index contributed by atoms with van der Waals surface area (Å²) in [5.74, 6) is 1.36. The van der Waals surface area contributed by atoms with Crippen LogP contribution in [-0.2, 0) is 0 Å². The van der Waals surface area contributed by atoms with Crippen molar-refractivity contribution in [2.75, 3.05) is 0 Å². The van der Waals surface area contributed by atoms with Gasteiger partial charge in [-0.15, -0.1) is 0 Å². The van der Waals surface area contributed by atoms with Crippen molar-refractivity contribution >= 4 is 55.3 Å². The summed E-state index contributed by atoms with van der Waals surface area (Å²) < 4.78 is 4.81. The van der Waals surface area contributed by atoms with E-state index in [1.807, 2.05) is 36.4 Å². The minimum atomic E-state index is -0.381. The second kappa shape index (κ2) is 13.1. The molecule has 0 saturated carbocycles. The maximum Gasteiger partial charge on any atom is 0.0822 e. The summed E-state index contributed by atoms with van der Waals surface area (Å²) in [6.45, 7) is 0. The molecule has 1 unspecified atom stereocenters. The summed E-state index contributed by atoms with van der Waals surface area (Å²) in [6.07, 6.45) is -0.381. The van der Waals surface area contributed by atoms with Gasteiger partial charge < -0.3 is 19.4 Å². The molecular weight excluding hydrogens is 683 g/mol. The molecule has 0 fully saturated rings. The van der Waals surface area contributed by atoms with Crippen LogP contribution in [0.5, 0.6) is 0 Å². The molecular formula is C51H34N5-. The molecule has 0 amide bonds. The number of aliphatic imine (C=N–C) groups is 2. The van der Waals surface area contributed by atoms with Crippen molar-refractivity contribution in [1.82, 2.24) is 9.13 Å². The third-order valence-corrected chi connectivity index (χ3v) is 10.9. The fraction of sp³-hybridized carbons (Fsp3) is 0.0196. The lowest BCUT2D eigenvalue weighted by atomic mass is 10.0. The van der Waals surface area contributed by atoms with Gasteiger partial charge in [0.05, 0.1) is 34.1 Å². The normalized spacial score (nSPS) is 14.2. The first-order valence-electron chi connectivity index (χ1n) is 19.0. The van der Waals surface area contributed by atoms with Gasteiger partial charge >= 0.3 is 0 Å². The Balaban J connectivity index is 1.06. The van der Waals surface area contributed by atoms with Crippen LogP contribution < -0.4 is 0 Å². The highest BCUT2D eigenvalue weighted by atomic mass is 15.2. The Morgan fingerprint density at radius 2 is 0.893 bits per heavy atom. The maximum absolute atomic E-state index is 5.09. The Labute approximate surface area is 324 Å². The minimum absolute atomic E-state index is 0.381. The molecule has 8 aromatic carbocycles. The van der Waals surface area contributed by atoms with Gasteiger partial charge in [0.15, 0.2) is 0 Å². The lowest BCUT2D eigenvalue weighted by Gasteiger charge is -2.32. The van der Waals surface area contributed by atoms with Crippen molar-refractivity contribution < 1.29 is 0 Å². The van der Waals surface area contributed by atoms with Crippen LogP contribution in [0.2, 0.25) is 0 Å². The number of aromatic nitrogens is 2. The topological polar surface area (TPSA) is 48.7 Å². The van der Waals surface area contributed by atoms with Gasteiger partial charge in [-0.2, -0.15) is 0 Å². The molecule has 5 nitrogen and oxygen atoms in total. The molecule has 5 heteroatoms. The van der Waals surface area contributed by atoms with Gasteiger partial charge in [-0.25, -0.2) is 0 Å². The predicted molar refractivity (Wildman–Crippen MR) is 233 cm³/mol. The van der Waals surface area contributed by atoms with E-state index in [0.717, 1.165) is 39.2 Å². The van der Waals surface area contributed by atoms with E-state index in [2.05, 4.69) is 173 Å². The monoisotopic (exact) mass is 716 g/mol. The molecule has 0 radical (unpaired) electrons. The third-order valence-electron chi connectivity index (χ3n) is 10.9. The molecule has 264 valence electrons. The molecule has 1 aliphatic rings. The highest BCUT2D eigenvalue weighted by Gasteiger charge is 2.19. The first kappa shape index (κ1) is 32.0. The maximum atomic E-state index is 5.09. The molecule has 3 heterocycles. The fourth-order valence-corrected chi connectivity index (χ4v) is 8.29. The second-order valence-corrected chi connectivity index (χ2v) is 14.2. The highest BCUT2D eigenvalue weighted by molar-refractivity contribution is 6.20. The summed E-state index contributed by atoms with van der Waals surface area (Å²) in [5, 5.41) is 9.94. The van der Waals surface area contributed by atoms with E-state index in [-0.39, 0.29) is 6.17 Å². The van der Waals surface area contributed by atoms with Gasteiger partial charge in [-0.05, 0) is 82.4 Å². The van der Waals surface area contributed by atoms with Crippen molar-refractivity contribution in [3.05, 3.63) is 222 Å². The number of hydrogen-bond acceptors (Lipinski definition) is 2. The largest absolute Gasteiger partial charge is 0.438 e. The van der Waals surface area contributed by atoms with E-state index in [0.29, 0.717) is 11.7 Å². The van der Waals surface area contributed by atoms with E-state index < -0.39 is 0 Å². The Kier molecular flexibility index (Phi) is 7.49. The smallest absolute Gasteiger partial charge is 0.0822 e. The van der Waals surface area contributed by atoms with Crippen molar-refractivity contribution in [2.24, 2.45) is 9.98 Å². The van der Waals surface area contributed by atoms with Crippen LogP contribution in [0, 0.1) is 0 Å². The van der Waals surface area contributed by atoms with Crippen LogP contribution in [0.3, 0.4) is 0 Å². The number of benzene rings is 8. The average molecular weight is 717 g/mol. The lowest BCUT2D eigenvalue weighted by molar-refractivity contribution is 0.878. The number of hydrogen-bond donors (Lipinski definition) is 0. The van der Waals surface area contributed by atoms with Gasteiger partial charge in [0, 0.05) is 32.9 Å².